The van der Waals surface area contributed by atoms with Gasteiger partial charge >= 0.3 is 0 Å². The van der Waals surface area contributed by atoms with Crippen LogP contribution in [0.15, 0.2) is 41.6 Å². The van der Waals surface area contributed by atoms with Crippen molar-refractivity contribution in [2.24, 2.45) is 5.73 Å². The van der Waals surface area contributed by atoms with Crippen LogP contribution in [0.1, 0.15) is 41.7 Å². The van der Waals surface area contributed by atoms with Crippen molar-refractivity contribution in [2.75, 3.05) is 25.0 Å². The molecule has 1 fully saturated rings. The number of hydrogen-bond acceptors (Lipinski definition) is 5. The van der Waals surface area contributed by atoms with Crippen LogP contribution in [0.5, 0.6) is 0 Å². The van der Waals surface area contributed by atoms with Gasteiger partial charge in [-0.3, -0.25) is 4.79 Å². The van der Waals surface area contributed by atoms with Gasteiger partial charge < -0.3 is 10.6 Å². The maximum absolute atomic E-state index is 15.8. The highest BCUT2D eigenvalue weighted by molar-refractivity contribution is 7.89. The molecule has 2 N–H and O–H groups in total. The molecule has 4 rings (SSSR count). The minimum Gasteiger partial charge on any atom is -0.365 e. The molecule has 0 aliphatic carbocycles. The van der Waals surface area contributed by atoms with Crippen LogP contribution >= 0.6 is 0 Å². The maximum atomic E-state index is 15.8. The first-order chi connectivity index (χ1) is 15.2. The average Bonchev–Trinajstić information content (AvgIpc) is 3.39. The number of primary amides is 1. The Balaban J connectivity index is 1.89. The van der Waals surface area contributed by atoms with Crippen LogP contribution in [0, 0.1) is 11.6 Å². The predicted molar refractivity (Wildman–Crippen MR) is 115 cm³/mol. The summed E-state index contributed by atoms with van der Waals surface area (Å²) in [6, 6.07) is 7.34. The van der Waals surface area contributed by atoms with E-state index in [0.29, 0.717) is 18.5 Å². The van der Waals surface area contributed by atoms with E-state index in [0.717, 1.165) is 15.2 Å². The lowest BCUT2D eigenvalue weighted by Crippen LogP contribution is -2.29. The molecule has 170 valence electrons. The summed E-state index contributed by atoms with van der Waals surface area (Å²) < 4.78 is 57.3. The van der Waals surface area contributed by atoms with Gasteiger partial charge in [0.2, 0.25) is 5.03 Å². The van der Waals surface area contributed by atoms with E-state index >= 15 is 4.39 Å². The van der Waals surface area contributed by atoms with E-state index in [4.69, 9.17) is 5.73 Å². The molecule has 1 amide bonds. The number of benzene rings is 1. The third kappa shape index (κ3) is 3.51. The highest BCUT2D eigenvalue weighted by Crippen LogP contribution is 2.39. The summed E-state index contributed by atoms with van der Waals surface area (Å²) >= 11 is 0. The van der Waals surface area contributed by atoms with Gasteiger partial charge in [0.25, 0.3) is 15.9 Å². The number of aromatic nitrogens is 2. The van der Waals surface area contributed by atoms with Gasteiger partial charge in [0.15, 0.2) is 5.82 Å². The third-order valence-electron chi connectivity index (χ3n) is 5.83. The van der Waals surface area contributed by atoms with Gasteiger partial charge in [0.05, 0.1) is 11.7 Å². The molecule has 1 aliphatic rings. The van der Waals surface area contributed by atoms with Crippen molar-refractivity contribution in [3.63, 3.8) is 0 Å². The van der Waals surface area contributed by atoms with Gasteiger partial charge in [0.1, 0.15) is 16.9 Å². The van der Waals surface area contributed by atoms with Gasteiger partial charge in [0, 0.05) is 26.3 Å². The molecule has 0 saturated carbocycles. The van der Waals surface area contributed by atoms with Crippen molar-refractivity contribution >= 4 is 27.1 Å². The summed E-state index contributed by atoms with van der Waals surface area (Å²) in [6.07, 6.45) is 2.84. The van der Waals surface area contributed by atoms with Gasteiger partial charge in [-0.2, -0.15) is 9.40 Å². The number of nitrogens with two attached hydrogens (primary N) is 1. The molecule has 32 heavy (non-hydrogen) atoms. The number of halogens is 2. The van der Waals surface area contributed by atoms with Crippen molar-refractivity contribution in [3.8, 4) is 0 Å². The third-order valence-corrected chi connectivity index (χ3v) is 7.68. The topological polar surface area (TPSA) is 101 Å². The molecule has 11 heteroatoms. The number of anilines is 1. The minimum atomic E-state index is -4.16. The van der Waals surface area contributed by atoms with E-state index in [1.54, 1.807) is 24.0 Å². The second kappa shape index (κ2) is 8.14. The number of nitrogens with zero attached hydrogens (tertiary/aromatic N) is 4. The van der Waals surface area contributed by atoms with Crippen molar-refractivity contribution in [1.82, 2.24) is 13.9 Å². The number of carbonyl (C=O) groups is 1. The lowest BCUT2D eigenvalue weighted by atomic mass is 10.0. The average molecular weight is 464 g/mol. The lowest BCUT2D eigenvalue weighted by Gasteiger charge is -2.27. The molecular formula is C21H23F2N5O3S. The molecule has 1 unspecified atom stereocenters. The monoisotopic (exact) mass is 463 g/mol. The number of amides is 1. The van der Waals surface area contributed by atoms with Crippen molar-refractivity contribution in [1.29, 1.82) is 0 Å². The fraction of sp³-hybridized carbons (Fsp3) is 0.333. The van der Waals surface area contributed by atoms with Crippen LogP contribution in [0.2, 0.25) is 0 Å². The normalized spacial score (nSPS) is 16.9. The maximum Gasteiger partial charge on any atom is 0.262 e. The van der Waals surface area contributed by atoms with Crippen LogP contribution in [-0.4, -0.2) is 48.4 Å². The van der Waals surface area contributed by atoms with Crippen molar-refractivity contribution < 1.29 is 22.0 Å². The summed E-state index contributed by atoms with van der Waals surface area (Å²) in [7, 11) is -2.82. The van der Waals surface area contributed by atoms with Crippen molar-refractivity contribution in [3.05, 3.63) is 59.3 Å². The number of fused-ring (bicyclic) bond motifs is 1. The highest BCUT2D eigenvalue weighted by atomic mass is 32.2. The molecule has 1 saturated heterocycles. The Labute approximate surface area is 184 Å². The molecule has 0 spiro atoms. The minimum absolute atomic E-state index is 0.130. The standard InChI is InChI=1S/C21H23F2N5O3S/c1-3-26(2)32(30,31)21-17(20(24)29)19-18(23)16(9-11-28(19)25-21)27-10-5-8-15(27)13-6-4-7-14(22)12-13/h4,6-7,9,11-12,15H,3,5,8,10H2,1-2H3,(H2,24,29). The lowest BCUT2D eigenvalue weighted by molar-refractivity contribution is 0.0998. The van der Waals surface area contributed by atoms with Crippen LogP contribution in [0.25, 0.3) is 5.52 Å². The van der Waals surface area contributed by atoms with Crippen LogP contribution in [0.4, 0.5) is 14.5 Å². The predicted octanol–water partition coefficient (Wildman–Crippen LogP) is 2.69. The number of hydrogen-bond donors (Lipinski definition) is 1. The van der Waals surface area contributed by atoms with Gasteiger partial charge in [-0.15, -0.1) is 0 Å². The van der Waals surface area contributed by atoms with Gasteiger partial charge in [-0.25, -0.2) is 21.7 Å². The van der Waals surface area contributed by atoms with E-state index in [1.807, 2.05) is 0 Å². The first-order valence-electron chi connectivity index (χ1n) is 10.2. The smallest absolute Gasteiger partial charge is 0.262 e. The molecule has 8 nitrogen and oxygen atoms in total. The van der Waals surface area contributed by atoms with Crippen LogP contribution in [-0.2, 0) is 10.0 Å². The molecule has 2 aromatic heterocycles. The number of sulfonamides is 1. The van der Waals surface area contributed by atoms with E-state index in [-0.39, 0.29) is 29.6 Å². The second-order valence-electron chi connectivity index (χ2n) is 7.68. The van der Waals surface area contributed by atoms with Crippen molar-refractivity contribution in [2.45, 2.75) is 30.8 Å². The zero-order chi connectivity index (χ0) is 23.2. The Hall–Kier alpha value is -3.05. The summed E-state index contributed by atoms with van der Waals surface area (Å²) in [5, 5.41) is 3.38. The van der Waals surface area contributed by atoms with Gasteiger partial charge in [-0.1, -0.05) is 19.1 Å². The fourth-order valence-corrected chi connectivity index (χ4v) is 5.41. The van der Waals surface area contributed by atoms with E-state index in [9.17, 15) is 17.6 Å². The second-order valence-corrected chi connectivity index (χ2v) is 9.64. The number of carbonyl (C=O) groups excluding carboxylic acids is 1. The van der Waals surface area contributed by atoms with Crippen LogP contribution in [0.3, 0.4) is 0 Å². The first kappa shape index (κ1) is 22.2. The zero-order valence-corrected chi connectivity index (χ0v) is 18.4. The Bertz CT molecular complexity index is 1310. The summed E-state index contributed by atoms with van der Waals surface area (Å²) in [5.74, 6) is -2.29. The quantitative estimate of drug-likeness (QED) is 0.606. The fourth-order valence-electron chi connectivity index (χ4n) is 4.13. The first-order valence-corrected chi connectivity index (χ1v) is 11.6. The SMILES string of the molecule is CCN(C)S(=O)(=O)c1nn2ccc(N3CCCC3c3cccc(F)c3)c(F)c2c1C(N)=O. The van der Waals surface area contributed by atoms with Crippen LogP contribution < -0.4 is 10.6 Å². The molecule has 1 aliphatic heterocycles. The zero-order valence-electron chi connectivity index (χ0n) is 17.6. The Morgan fingerprint density at radius 3 is 2.72 bits per heavy atom. The Morgan fingerprint density at radius 1 is 1.31 bits per heavy atom. The molecular weight excluding hydrogens is 440 g/mol. The molecule has 0 radical (unpaired) electrons. The Kier molecular flexibility index (Phi) is 5.63. The summed E-state index contributed by atoms with van der Waals surface area (Å²) in [5.41, 5.74) is 5.55. The van der Waals surface area contributed by atoms with E-state index in [2.05, 4.69) is 5.10 Å². The molecule has 1 aromatic carbocycles. The number of pyridine rings is 1. The molecule has 0 bridgehead atoms. The molecule has 3 heterocycles. The summed E-state index contributed by atoms with van der Waals surface area (Å²) in [6.45, 7) is 2.26. The largest absolute Gasteiger partial charge is 0.365 e. The van der Waals surface area contributed by atoms with Gasteiger partial charge in [-0.05, 0) is 36.6 Å². The highest BCUT2D eigenvalue weighted by Gasteiger charge is 2.35. The number of rotatable bonds is 6. The Morgan fingerprint density at radius 2 is 2.06 bits per heavy atom. The summed E-state index contributed by atoms with van der Waals surface area (Å²) in [4.78, 5) is 14.0. The van der Waals surface area contributed by atoms with E-state index in [1.165, 1.54) is 31.4 Å². The van der Waals surface area contributed by atoms with E-state index < -0.39 is 32.3 Å². The molecule has 3 aromatic rings. The molecule has 1 atom stereocenters.